The summed E-state index contributed by atoms with van der Waals surface area (Å²) in [6.07, 6.45) is 1.16. The first kappa shape index (κ1) is 20.8. The third kappa shape index (κ3) is 4.72. The Hall–Kier alpha value is -2.96. The second-order valence-corrected chi connectivity index (χ2v) is 8.96. The molecule has 0 aliphatic heterocycles. The fourth-order valence-corrected chi connectivity index (χ4v) is 3.90. The molecule has 29 heavy (non-hydrogen) atoms. The molecule has 3 aromatic rings. The molecule has 0 aliphatic rings. The number of hydrogen-bond donors (Lipinski definition) is 1. The molecule has 0 spiro atoms. The second kappa shape index (κ2) is 8.19. The van der Waals surface area contributed by atoms with Crippen LogP contribution in [0.2, 0.25) is 0 Å². The van der Waals surface area contributed by atoms with Crippen molar-refractivity contribution in [3.8, 4) is 11.1 Å². The van der Waals surface area contributed by atoms with Crippen molar-refractivity contribution in [1.82, 2.24) is 0 Å². The molecule has 3 rings (SSSR count). The summed E-state index contributed by atoms with van der Waals surface area (Å²) in [5.41, 5.74) is 0.584. The molecule has 0 saturated carbocycles. The van der Waals surface area contributed by atoms with Crippen LogP contribution in [0.3, 0.4) is 0 Å². The van der Waals surface area contributed by atoms with Crippen LogP contribution in [0, 0.1) is 0 Å². The van der Waals surface area contributed by atoms with E-state index < -0.39 is 21.4 Å². The Bertz CT molecular complexity index is 1100. The molecule has 1 unspecified atom stereocenters. The van der Waals surface area contributed by atoms with Gasteiger partial charge in [0.1, 0.15) is 6.61 Å². The van der Waals surface area contributed by atoms with Crippen molar-refractivity contribution >= 4 is 15.8 Å². The van der Waals surface area contributed by atoms with Gasteiger partial charge in [0.2, 0.25) is 0 Å². The highest BCUT2D eigenvalue weighted by Gasteiger charge is 2.34. The van der Waals surface area contributed by atoms with E-state index in [-0.39, 0.29) is 11.5 Å². The minimum Gasteiger partial charge on any atom is -0.458 e. The van der Waals surface area contributed by atoms with Gasteiger partial charge >= 0.3 is 5.97 Å². The van der Waals surface area contributed by atoms with Crippen molar-refractivity contribution in [2.75, 3.05) is 6.26 Å². The summed E-state index contributed by atoms with van der Waals surface area (Å²) in [5.74, 6) is -0.759. The molecule has 0 fully saturated rings. The minimum absolute atomic E-state index is 0.0651. The largest absolute Gasteiger partial charge is 0.458 e. The third-order valence-corrected chi connectivity index (χ3v) is 5.81. The lowest BCUT2D eigenvalue weighted by atomic mass is 9.94. The van der Waals surface area contributed by atoms with Gasteiger partial charge in [0.25, 0.3) is 0 Å². The Morgan fingerprint density at radius 1 is 0.931 bits per heavy atom. The molecule has 6 heteroatoms. The number of benzene rings is 3. The minimum atomic E-state index is -3.39. The topological polar surface area (TPSA) is 80.7 Å². The van der Waals surface area contributed by atoms with E-state index in [2.05, 4.69) is 0 Å². The highest BCUT2D eigenvalue weighted by atomic mass is 32.2. The maximum Gasteiger partial charge on any atom is 0.342 e. The summed E-state index contributed by atoms with van der Waals surface area (Å²) in [5, 5.41) is 10.7. The highest BCUT2D eigenvalue weighted by Crippen LogP contribution is 2.30. The van der Waals surface area contributed by atoms with Gasteiger partial charge in [0, 0.05) is 11.8 Å². The van der Waals surface area contributed by atoms with E-state index in [1.807, 2.05) is 30.3 Å². The van der Waals surface area contributed by atoms with Crippen molar-refractivity contribution in [2.24, 2.45) is 0 Å². The zero-order valence-electron chi connectivity index (χ0n) is 16.2. The summed E-state index contributed by atoms with van der Waals surface area (Å²) in [4.78, 5) is 12.7. The number of rotatable bonds is 6. The van der Waals surface area contributed by atoms with E-state index in [1.165, 1.54) is 6.92 Å². The average Bonchev–Trinajstić information content (AvgIpc) is 2.72. The molecular weight excluding hydrogens is 388 g/mol. The van der Waals surface area contributed by atoms with E-state index in [0.29, 0.717) is 16.7 Å². The van der Waals surface area contributed by atoms with Crippen molar-refractivity contribution < 1.29 is 23.1 Å². The van der Waals surface area contributed by atoms with Gasteiger partial charge in [-0.2, -0.15) is 0 Å². The summed E-state index contributed by atoms with van der Waals surface area (Å²) in [7, 11) is -3.39. The Morgan fingerprint density at radius 3 is 2.14 bits per heavy atom. The summed E-state index contributed by atoms with van der Waals surface area (Å²) in [6.45, 7) is 1.44. The zero-order chi connectivity index (χ0) is 21.1. The van der Waals surface area contributed by atoms with Gasteiger partial charge in [-0.15, -0.1) is 0 Å². The fraction of sp³-hybridized carbons (Fsp3) is 0.174. The molecule has 0 aromatic heterocycles. The van der Waals surface area contributed by atoms with Crippen LogP contribution >= 0.6 is 0 Å². The third-order valence-electron chi connectivity index (χ3n) is 4.65. The molecule has 5 nitrogen and oxygen atoms in total. The number of carbonyl (C=O) groups excluding carboxylic acids is 1. The zero-order valence-corrected chi connectivity index (χ0v) is 17.0. The monoisotopic (exact) mass is 410 g/mol. The molecule has 150 valence electrons. The molecule has 0 radical (unpaired) electrons. The van der Waals surface area contributed by atoms with Gasteiger partial charge in [0.05, 0.1) is 4.90 Å². The van der Waals surface area contributed by atoms with Crippen molar-refractivity contribution in [2.45, 2.75) is 24.0 Å². The smallest absolute Gasteiger partial charge is 0.342 e. The Morgan fingerprint density at radius 2 is 1.52 bits per heavy atom. The van der Waals surface area contributed by atoms with Gasteiger partial charge < -0.3 is 9.84 Å². The van der Waals surface area contributed by atoms with Gasteiger partial charge in [-0.25, -0.2) is 13.2 Å². The van der Waals surface area contributed by atoms with Crippen LogP contribution in [-0.4, -0.2) is 25.7 Å². The normalized spacial score (nSPS) is 13.5. The Labute approximate surface area is 170 Å². The Kier molecular flexibility index (Phi) is 5.86. The molecule has 1 N–H and O–H groups in total. The van der Waals surface area contributed by atoms with Crippen molar-refractivity contribution in [3.63, 3.8) is 0 Å². The number of sulfone groups is 1. The molecule has 0 amide bonds. The molecule has 0 heterocycles. The lowest BCUT2D eigenvalue weighted by Gasteiger charge is -2.22. The quantitative estimate of drug-likeness (QED) is 0.627. The first-order valence-corrected chi connectivity index (χ1v) is 10.9. The molecule has 1 atom stereocenters. The van der Waals surface area contributed by atoms with Crippen LogP contribution in [-0.2, 0) is 31.6 Å². The van der Waals surface area contributed by atoms with E-state index in [1.54, 1.807) is 48.5 Å². The lowest BCUT2D eigenvalue weighted by Crippen LogP contribution is -2.34. The number of hydrogen-bond acceptors (Lipinski definition) is 5. The average molecular weight is 410 g/mol. The number of aliphatic hydroxyl groups is 1. The van der Waals surface area contributed by atoms with Crippen LogP contribution in [0.1, 0.15) is 18.1 Å². The van der Waals surface area contributed by atoms with Crippen molar-refractivity contribution in [3.05, 3.63) is 90.0 Å². The van der Waals surface area contributed by atoms with E-state index >= 15 is 0 Å². The predicted octanol–water partition coefficient (Wildman–Crippen LogP) is 3.71. The molecule has 3 aromatic carbocycles. The number of carbonyl (C=O) groups is 1. The van der Waals surface area contributed by atoms with Crippen LogP contribution in [0.5, 0.6) is 0 Å². The summed E-state index contributed by atoms with van der Waals surface area (Å²) in [6, 6.07) is 22.5. The second-order valence-electron chi connectivity index (χ2n) is 6.98. The summed E-state index contributed by atoms with van der Waals surface area (Å²) < 4.78 is 29.3. The van der Waals surface area contributed by atoms with E-state index in [0.717, 1.165) is 11.8 Å². The van der Waals surface area contributed by atoms with Gasteiger partial charge in [0.15, 0.2) is 15.4 Å². The fourth-order valence-electron chi connectivity index (χ4n) is 2.98. The van der Waals surface area contributed by atoms with E-state index in [9.17, 15) is 18.3 Å². The molecular formula is C23H22O5S. The standard InChI is InChI=1S/C23H22O5S/c1-23(25,22(24)28-16-17-8-4-3-5-9-17)19-14-12-18(13-15-19)20-10-6-7-11-21(20)29(2,26)27/h3-15,25H,16H2,1-2H3. The predicted molar refractivity (Wildman–Crippen MR) is 111 cm³/mol. The SMILES string of the molecule is CC(O)(C(=O)OCc1ccccc1)c1ccc(-c2ccccc2S(C)(=O)=O)cc1. The lowest BCUT2D eigenvalue weighted by molar-refractivity contribution is -0.166. The van der Waals surface area contributed by atoms with Crippen LogP contribution in [0.15, 0.2) is 83.8 Å². The van der Waals surface area contributed by atoms with Gasteiger partial charge in [-0.05, 0) is 29.7 Å². The summed E-state index contributed by atoms with van der Waals surface area (Å²) >= 11 is 0. The van der Waals surface area contributed by atoms with E-state index in [4.69, 9.17) is 4.74 Å². The van der Waals surface area contributed by atoms with Crippen LogP contribution < -0.4 is 0 Å². The first-order valence-electron chi connectivity index (χ1n) is 9.03. The van der Waals surface area contributed by atoms with Crippen LogP contribution in [0.25, 0.3) is 11.1 Å². The Balaban J connectivity index is 1.81. The first-order chi connectivity index (χ1) is 13.7. The number of esters is 1. The van der Waals surface area contributed by atoms with Gasteiger partial charge in [-0.1, -0.05) is 72.8 Å². The molecule has 0 aliphatic carbocycles. The molecule has 0 bridgehead atoms. The highest BCUT2D eigenvalue weighted by molar-refractivity contribution is 7.90. The number of ether oxygens (including phenoxy) is 1. The maximum atomic E-state index is 12.4. The van der Waals surface area contributed by atoms with Crippen molar-refractivity contribution in [1.29, 1.82) is 0 Å². The van der Waals surface area contributed by atoms with Gasteiger partial charge in [-0.3, -0.25) is 0 Å². The maximum absolute atomic E-state index is 12.4. The van der Waals surface area contributed by atoms with Crippen LogP contribution in [0.4, 0.5) is 0 Å². The molecule has 0 saturated heterocycles.